The fraction of sp³-hybridized carbons (Fsp3) is 0.573. The van der Waals surface area contributed by atoms with Crippen LogP contribution >= 0.6 is 0 Å². The number of non-ortho nitro benzene ring substituents is 4. The van der Waals surface area contributed by atoms with Crippen molar-refractivity contribution in [1.29, 1.82) is 0 Å². The second kappa shape index (κ2) is 47.5. The summed E-state index contributed by atoms with van der Waals surface area (Å²) in [7, 11) is 0. The number of ether oxygens (including phenoxy) is 3. The molecule has 1 amide bonds. The lowest BCUT2D eigenvalue weighted by Crippen LogP contribution is -2.64. The molecule has 0 aliphatic carbocycles. The van der Waals surface area contributed by atoms with Crippen LogP contribution in [0.2, 0.25) is 0 Å². The van der Waals surface area contributed by atoms with Crippen LogP contribution in [0.1, 0.15) is 190 Å². The van der Waals surface area contributed by atoms with Gasteiger partial charge in [0.2, 0.25) is 11.4 Å². The number of anilines is 3. The summed E-state index contributed by atoms with van der Waals surface area (Å²) in [5.74, 6) is -0.305. The zero-order valence-corrected chi connectivity index (χ0v) is 72.0. The minimum Gasteiger partial charge on any atom is -0.394 e. The molecule has 10 N–H and O–H groups in total. The number of nitro benzene ring substituents is 7. The molecule has 682 valence electrons. The van der Waals surface area contributed by atoms with Gasteiger partial charge in [0, 0.05) is 73.2 Å². The number of aromatic nitrogens is 2. The van der Waals surface area contributed by atoms with Crippen molar-refractivity contribution in [2.75, 3.05) is 35.7 Å². The van der Waals surface area contributed by atoms with E-state index in [1.54, 1.807) is 45.9 Å². The van der Waals surface area contributed by atoms with E-state index in [2.05, 4.69) is 30.9 Å². The van der Waals surface area contributed by atoms with Gasteiger partial charge in [-0.25, -0.2) is 4.63 Å². The first-order valence-electron chi connectivity index (χ1n) is 39.8. The summed E-state index contributed by atoms with van der Waals surface area (Å²) in [5.41, 5.74) is 1.23. The van der Waals surface area contributed by atoms with Crippen LogP contribution in [0.25, 0.3) is 11.0 Å². The van der Waals surface area contributed by atoms with E-state index in [1.165, 1.54) is 31.2 Å². The summed E-state index contributed by atoms with van der Waals surface area (Å²) >= 11 is 0. The molecule has 0 spiro atoms. The number of nitrogens with zero attached hydrogens (tertiary/aromatic N) is 9. The van der Waals surface area contributed by atoms with E-state index in [-0.39, 0.29) is 98.6 Å². The summed E-state index contributed by atoms with van der Waals surface area (Å²) in [6, 6.07) is 18.4. The number of nitrogens with one attached hydrogen (secondary N) is 3. The van der Waals surface area contributed by atoms with E-state index in [9.17, 15) is 131 Å². The number of hydrogen-bond acceptors (Lipinski definition) is 34. The van der Waals surface area contributed by atoms with Gasteiger partial charge >= 0.3 is 5.69 Å². The molecule has 2 aliphatic rings. The van der Waals surface area contributed by atoms with Crippen molar-refractivity contribution in [3.63, 3.8) is 0 Å². The average Bonchev–Trinajstić information content (AvgIpc) is 1.08. The van der Waals surface area contributed by atoms with Gasteiger partial charge in [-0.2, -0.15) is 0 Å². The van der Waals surface area contributed by atoms with E-state index >= 15 is 0 Å². The molecule has 2 fully saturated rings. The van der Waals surface area contributed by atoms with E-state index in [1.807, 2.05) is 81.4 Å². The zero-order valence-electron chi connectivity index (χ0n) is 72.0. The van der Waals surface area contributed by atoms with E-state index < -0.39 is 143 Å². The Balaban J connectivity index is 0.000000336. The highest BCUT2D eigenvalue weighted by Gasteiger charge is 2.51. The van der Waals surface area contributed by atoms with Crippen LogP contribution in [0.3, 0.4) is 0 Å². The van der Waals surface area contributed by atoms with Crippen LogP contribution in [-0.2, 0) is 57.4 Å². The van der Waals surface area contributed by atoms with Gasteiger partial charge in [0.1, 0.15) is 83.1 Å². The maximum atomic E-state index is 13.0. The van der Waals surface area contributed by atoms with Crippen molar-refractivity contribution < 1.29 is 113 Å². The number of benzene rings is 5. The van der Waals surface area contributed by atoms with Crippen LogP contribution in [-0.4, -0.2) is 197 Å². The third-order valence-corrected chi connectivity index (χ3v) is 19.2. The number of nitro groups is 7. The molecule has 42 heteroatoms. The topological polar surface area (TPSA) is 632 Å². The first-order valence-corrected chi connectivity index (χ1v) is 39.8. The number of rotatable bonds is 35. The van der Waals surface area contributed by atoms with Crippen LogP contribution in [0, 0.1) is 99.4 Å². The quantitative estimate of drug-likeness (QED) is 0.00764. The van der Waals surface area contributed by atoms with Crippen molar-refractivity contribution in [2.24, 2.45) is 21.7 Å². The van der Waals surface area contributed by atoms with Gasteiger partial charge in [0.15, 0.2) is 12.1 Å². The summed E-state index contributed by atoms with van der Waals surface area (Å²) in [5, 5.41) is 162. The molecule has 42 nitrogen and oxygen atoms in total. The molecule has 4 unspecified atom stereocenters. The molecular formula is C82H114N12O30. The lowest BCUT2D eigenvalue weighted by Gasteiger charge is -2.46. The third kappa shape index (κ3) is 33.7. The second-order valence-electron chi connectivity index (χ2n) is 34.6. The number of aryl methyl sites for hydroxylation is 3. The molecule has 0 saturated carbocycles. The molecule has 1 aromatic heterocycles. The normalized spacial score (nSPS) is 19.0. The van der Waals surface area contributed by atoms with Gasteiger partial charge in [-0.15, -0.1) is 0 Å². The summed E-state index contributed by atoms with van der Waals surface area (Å²) in [4.78, 5) is 132. The monoisotopic (exact) mass is 1750 g/mol. The number of unbranched alkanes of at least 4 members (excludes halogenated alkanes) is 1. The second-order valence-corrected chi connectivity index (χ2v) is 34.6. The minimum atomic E-state index is -1.67. The molecule has 3 heterocycles. The molecule has 11 atom stereocenters. The van der Waals surface area contributed by atoms with Gasteiger partial charge in [-0.05, 0) is 145 Å². The van der Waals surface area contributed by atoms with E-state index in [0.717, 1.165) is 47.9 Å². The Bertz CT molecular complexity index is 4690. The Kier molecular flexibility index (Phi) is 40.2. The molecule has 0 radical (unpaired) electrons. The standard InChI is InChI=1S/C22H26N6O9.C22H31NO4.C18H34O10.C12H16N2O4.C8H7N3O3/c1-22(2,3)21(29)18(24-17-10-8-15(26(32)33)13-20(17)28(36)37)6-4-5-11-23-16-9-7-14(25(30)31)12-19(16)27(34)35;1-16(24)14-19(25)13-10-17-8-11-18(12-9-17)23-21(27)7-5-6-20(26)15-22(2,3)4;1-18(2,3)5-4-8-12(22)16(13(23)10(7-20)26-8)28-17-15(25)14(24)11(21)9(6-19)27-17;1-8-5-9(13(15)16)6-11(14(17)18)10(8)7-12(2,3)4;1-2-5-3-4-6(11(12)13)8-7(5)9-14-10-8/h7-10,12-13,18,23-24H,4-6,11H2,1-3H3;8-9,11-12H,5-7,10,13-15H2,1-4H3,(H,23,27);8-17,19-25H,4-7H2,1-3H3;5-6H,7H2,1-4H3;3-4H,2H2,1H3/t18-;;8-,9?,10?,11-,12?,13-,14-,15?,16+,17-;;/m0.0../s1. The van der Waals surface area contributed by atoms with Crippen molar-refractivity contribution in [2.45, 2.75) is 261 Å². The van der Waals surface area contributed by atoms with Crippen LogP contribution in [0.4, 0.5) is 56.9 Å². The molecule has 5 aromatic carbocycles. The Morgan fingerprint density at radius 3 is 1.58 bits per heavy atom. The SMILES string of the molecule is CC(=O)CC(=O)CCc1ccc(NC(=O)CCCC(=O)CC(C)(C)C)cc1.CC(C)(C)C(=O)[C@H](CCCCNc1ccc([N+](=O)[O-])cc1[N+](=O)[O-])Nc1ccc([N+](=O)[O-])cc1[N+](=O)[O-].CC(C)(C)CC[C@@H]1OC(CO)[C@H](O)[C@H](O[C@@H]2OC(CO)[C@H](O)[C@H](O)C2O)C1O.CCc1ccc([N+](=O)[O-])c2nonc12.Cc1cc([N+](=O)[O-])cc([N+](=O)[O-])c1CC(C)(C)C. The molecular weight excluding hydrogens is 1630 g/mol. The largest absolute Gasteiger partial charge is 0.394 e. The minimum absolute atomic E-state index is 0.00754. The average molecular weight is 1750 g/mol. The lowest BCUT2D eigenvalue weighted by atomic mass is 9.84. The molecule has 8 rings (SSSR count). The number of ketones is 4. The fourth-order valence-corrected chi connectivity index (χ4v) is 12.9. The highest BCUT2D eigenvalue weighted by atomic mass is 16.7. The number of carbonyl (C=O) groups is 5. The van der Waals surface area contributed by atoms with Crippen LogP contribution in [0.5, 0.6) is 0 Å². The Hall–Kier alpha value is -11.3. The summed E-state index contributed by atoms with van der Waals surface area (Å²) in [6.07, 6.45) is -6.98. The summed E-state index contributed by atoms with van der Waals surface area (Å²) in [6.45, 7) is 27.3. The Labute approximate surface area is 713 Å². The first kappa shape index (κ1) is 105. The number of carbonyl (C=O) groups excluding carboxylic acids is 5. The molecule has 2 aliphatic heterocycles. The van der Waals surface area contributed by atoms with Crippen molar-refractivity contribution in [3.8, 4) is 0 Å². The number of hydrogen-bond donors (Lipinski definition) is 10. The van der Waals surface area contributed by atoms with Gasteiger partial charge < -0.3 is 65.9 Å². The Morgan fingerprint density at radius 1 is 0.540 bits per heavy atom. The van der Waals surface area contributed by atoms with Gasteiger partial charge in [-0.1, -0.05) is 102 Å². The third-order valence-electron chi connectivity index (χ3n) is 19.2. The molecule has 2 saturated heterocycles. The van der Waals surface area contributed by atoms with Crippen molar-refractivity contribution in [1.82, 2.24) is 10.3 Å². The predicted octanol–water partition coefficient (Wildman–Crippen LogP) is 11.9. The highest BCUT2D eigenvalue weighted by Crippen LogP contribution is 2.38. The smallest absolute Gasteiger partial charge is 0.300 e. The highest BCUT2D eigenvalue weighted by molar-refractivity contribution is 5.98. The number of amides is 1. The molecule has 6 aromatic rings. The van der Waals surface area contributed by atoms with E-state index in [4.69, 9.17) is 14.2 Å². The van der Waals surface area contributed by atoms with E-state index in [0.29, 0.717) is 93.0 Å². The van der Waals surface area contributed by atoms with Crippen molar-refractivity contribution in [3.05, 3.63) is 178 Å². The van der Waals surface area contributed by atoms with Gasteiger partial charge in [-0.3, -0.25) is 94.8 Å². The van der Waals surface area contributed by atoms with Gasteiger partial charge in [0.05, 0.1) is 84.4 Å². The molecule has 124 heavy (non-hydrogen) atoms. The zero-order chi connectivity index (χ0) is 93.8. The maximum absolute atomic E-state index is 13.0. The number of aliphatic hydroxyl groups excluding tert-OH is 7. The fourth-order valence-electron chi connectivity index (χ4n) is 12.9. The number of Topliss-reactive ketones (excluding diaryl/α,β-unsaturated/α-hetero) is 4. The number of aliphatic hydroxyl groups is 7. The lowest BCUT2D eigenvalue weighted by molar-refractivity contribution is -0.394. The molecule has 0 bridgehead atoms. The van der Waals surface area contributed by atoms with Gasteiger partial charge in [0.25, 0.3) is 34.1 Å². The predicted molar refractivity (Wildman–Crippen MR) is 451 cm³/mol. The maximum Gasteiger partial charge on any atom is 0.300 e. The van der Waals surface area contributed by atoms with Crippen molar-refractivity contribution >= 4 is 96.9 Å². The first-order chi connectivity index (χ1) is 57.6. The summed E-state index contributed by atoms with van der Waals surface area (Å²) < 4.78 is 21.0. The van der Waals surface area contributed by atoms with Crippen LogP contribution in [0.15, 0.2) is 89.6 Å². The Morgan fingerprint density at radius 2 is 1.07 bits per heavy atom. The van der Waals surface area contributed by atoms with Crippen LogP contribution < -0.4 is 16.0 Å². The number of fused-ring (bicyclic) bond motifs is 1.